The fourth-order valence-corrected chi connectivity index (χ4v) is 4.43. The van der Waals surface area contributed by atoms with Gasteiger partial charge in [-0.25, -0.2) is 0 Å². The second-order valence-electron chi connectivity index (χ2n) is 5.85. The number of fused-ring (bicyclic) bond motifs is 2. The Morgan fingerprint density at radius 1 is 1.40 bits per heavy atom. The monoisotopic (exact) mass is 314 g/mol. The van der Waals surface area contributed by atoms with Crippen molar-refractivity contribution in [2.45, 2.75) is 64.1 Å². The van der Waals surface area contributed by atoms with Crippen LogP contribution in [0.25, 0.3) is 0 Å². The maximum Gasteiger partial charge on any atom is 0.261 e. The van der Waals surface area contributed by atoms with Gasteiger partial charge >= 0.3 is 0 Å². The molecule has 5 heteroatoms. The van der Waals surface area contributed by atoms with Crippen molar-refractivity contribution in [3.05, 3.63) is 21.4 Å². The van der Waals surface area contributed by atoms with E-state index < -0.39 is 0 Å². The highest BCUT2D eigenvalue weighted by molar-refractivity contribution is 7.14. The summed E-state index contributed by atoms with van der Waals surface area (Å²) >= 11 is 1.65. The fourth-order valence-electron chi connectivity index (χ4n) is 3.41. The molecular formula is C15H23ClN2OS. The average Bonchev–Trinajstić information content (AvgIpc) is 2.92. The van der Waals surface area contributed by atoms with Gasteiger partial charge in [-0.3, -0.25) is 4.79 Å². The molecular weight excluding hydrogens is 292 g/mol. The number of piperidine rings is 1. The normalized spacial score (nSPS) is 28.0. The van der Waals surface area contributed by atoms with Crippen LogP contribution in [-0.2, 0) is 6.42 Å². The van der Waals surface area contributed by atoms with E-state index in [4.69, 9.17) is 0 Å². The van der Waals surface area contributed by atoms with Gasteiger partial charge in [-0.1, -0.05) is 6.92 Å². The van der Waals surface area contributed by atoms with Crippen molar-refractivity contribution in [3.8, 4) is 0 Å². The van der Waals surface area contributed by atoms with Gasteiger partial charge in [0.25, 0.3) is 5.91 Å². The summed E-state index contributed by atoms with van der Waals surface area (Å²) in [5, 5.41) is 6.84. The lowest BCUT2D eigenvalue weighted by molar-refractivity contribution is 0.0928. The summed E-state index contributed by atoms with van der Waals surface area (Å²) in [6, 6.07) is 3.65. The van der Waals surface area contributed by atoms with E-state index in [2.05, 4.69) is 24.5 Å². The van der Waals surface area contributed by atoms with E-state index in [1.165, 1.54) is 23.3 Å². The minimum Gasteiger partial charge on any atom is -0.348 e. The van der Waals surface area contributed by atoms with Gasteiger partial charge in [0, 0.05) is 23.0 Å². The molecule has 1 amide bonds. The lowest BCUT2D eigenvalue weighted by Crippen LogP contribution is -2.47. The number of aryl methyl sites for hydroxylation is 2. The van der Waals surface area contributed by atoms with Crippen LogP contribution in [0.2, 0.25) is 0 Å². The van der Waals surface area contributed by atoms with E-state index in [0.29, 0.717) is 18.1 Å². The number of halogens is 1. The molecule has 2 N–H and O–H groups in total. The number of amides is 1. The molecule has 0 saturated carbocycles. The van der Waals surface area contributed by atoms with Gasteiger partial charge in [0.05, 0.1) is 4.88 Å². The second kappa shape index (κ2) is 6.46. The number of hydrogen-bond donors (Lipinski definition) is 2. The van der Waals surface area contributed by atoms with Gasteiger partial charge in [-0.15, -0.1) is 23.7 Å². The highest BCUT2D eigenvalue weighted by atomic mass is 35.5. The Morgan fingerprint density at radius 3 is 2.60 bits per heavy atom. The maximum absolute atomic E-state index is 12.3. The minimum absolute atomic E-state index is 0. The smallest absolute Gasteiger partial charge is 0.261 e. The molecule has 0 radical (unpaired) electrons. The molecule has 2 bridgehead atoms. The van der Waals surface area contributed by atoms with Crippen LogP contribution in [0.5, 0.6) is 0 Å². The third-order valence-corrected chi connectivity index (χ3v) is 5.75. The SMILES string of the molecule is CCc1sc(C(=O)NC2CC3CCC(C2)N3)cc1C.Cl. The van der Waals surface area contributed by atoms with E-state index in [1.54, 1.807) is 11.3 Å². The Hall–Kier alpha value is -0.580. The average molecular weight is 315 g/mol. The first-order valence-corrected chi connectivity index (χ1v) is 8.13. The number of nitrogens with one attached hydrogen (secondary N) is 2. The molecule has 2 atom stereocenters. The number of carbonyl (C=O) groups excluding carboxylic acids is 1. The molecule has 2 aliphatic rings. The lowest BCUT2D eigenvalue weighted by atomic mass is 10.00. The summed E-state index contributed by atoms with van der Waals surface area (Å²) < 4.78 is 0. The van der Waals surface area contributed by atoms with E-state index >= 15 is 0 Å². The largest absolute Gasteiger partial charge is 0.348 e. The Bertz CT molecular complexity index is 476. The molecule has 3 rings (SSSR count). The van der Waals surface area contributed by atoms with Crippen molar-refractivity contribution in [2.24, 2.45) is 0 Å². The molecule has 20 heavy (non-hydrogen) atoms. The quantitative estimate of drug-likeness (QED) is 0.900. The molecule has 0 aliphatic carbocycles. The third kappa shape index (κ3) is 3.18. The molecule has 2 unspecified atom stereocenters. The minimum atomic E-state index is 0. The lowest BCUT2D eigenvalue weighted by Gasteiger charge is -2.29. The first kappa shape index (κ1) is 15.8. The topological polar surface area (TPSA) is 41.1 Å². The molecule has 2 fully saturated rings. The standard InChI is InChI=1S/C15H22N2OS.ClH/c1-3-13-9(2)6-14(19-13)15(18)17-12-7-10-4-5-11(8-12)16-10;/h6,10-12,16H,3-5,7-8H2,1-2H3,(H,17,18);1H. The van der Waals surface area contributed by atoms with Crippen LogP contribution in [-0.4, -0.2) is 24.0 Å². The van der Waals surface area contributed by atoms with E-state index in [9.17, 15) is 4.79 Å². The summed E-state index contributed by atoms with van der Waals surface area (Å²) in [7, 11) is 0. The van der Waals surface area contributed by atoms with Gasteiger partial charge in [-0.05, 0) is 50.7 Å². The van der Waals surface area contributed by atoms with Gasteiger partial charge in [-0.2, -0.15) is 0 Å². The van der Waals surface area contributed by atoms with Crippen LogP contribution < -0.4 is 10.6 Å². The van der Waals surface area contributed by atoms with E-state index in [1.807, 2.05) is 6.07 Å². The van der Waals surface area contributed by atoms with E-state index in [-0.39, 0.29) is 18.3 Å². The molecule has 3 nitrogen and oxygen atoms in total. The molecule has 0 spiro atoms. The van der Waals surface area contributed by atoms with Gasteiger partial charge in [0.1, 0.15) is 0 Å². The Labute approximate surface area is 130 Å². The molecule has 3 heterocycles. The molecule has 1 aromatic rings. The second-order valence-corrected chi connectivity index (χ2v) is 6.99. The van der Waals surface area contributed by atoms with E-state index in [0.717, 1.165) is 24.1 Å². The summed E-state index contributed by atoms with van der Waals surface area (Å²) in [5.41, 5.74) is 1.25. The van der Waals surface area contributed by atoms with Gasteiger partial charge in [0.2, 0.25) is 0 Å². The maximum atomic E-state index is 12.3. The van der Waals surface area contributed by atoms with Crippen molar-refractivity contribution in [2.75, 3.05) is 0 Å². The zero-order valence-corrected chi connectivity index (χ0v) is 13.7. The van der Waals surface area contributed by atoms with Crippen molar-refractivity contribution in [1.82, 2.24) is 10.6 Å². The summed E-state index contributed by atoms with van der Waals surface area (Å²) in [6.07, 6.45) is 5.74. The fraction of sp³-hybridized carbons (Fsp3) is 0.667. The highest BCUT2D eigenvalue weighted by Gasteiger charge is 2.34. The molecule has 2 aliphatic heterocycles. The van der Waals surface area contributed by atoms with Crippen LogP contribution in [0.3, 0.4) is 0 Å². The van der Waals surface area contributed by atoms with Crippen LogP contribution in [0.4, 0.5) is 0 Å². The number of rotatable bonds is 3. The first-order chi connectivity index (χ1) is 9.15. The summed E-state index contributed by atoms with van der Waals surface area (Å²) in [5.74, 6) is 0.124. The number of thiophene rings is 1. The van der Waals surface area contributed by atoms with Crippen LogP contribution in [0.15, 0.2) is 6.07 Å². The van der Waals surface area contributed by atoms with Crippen molar-refractivity contribution >= 4 is 29.7 Å². The number of carbonyl (C=O) groups is 1. The van der Waals surface area contributed by atoms with Crippen LogP contribution in [0.1, 0.15) is 52.7 Å². The Balaban J connectivity index is 0.00000147. The Morgan fingerprint density at radius 2 is 2.05 bits per heavy atom. The van der Waals surface area contributed by atoms with Crippen molar-refractivity contribution in [3.63, 3.8) is 0 Å². The zero-order valence-electron chi connectivity index (χ0n) is 12.1. The third-order valence-electron chi connectivity index (χ3n) is 4.37. The van der Waals surface area contributed by atoms with Crippen molar-refractivity contribution < 1.29 is 4.79 Å². The summed E-state index contributed by atoms with van der Waals surface area (Å²) in [6.45, 7) is 4.24. The zero-order chi connectivity index (χ0) is 13.4. The Kier molecular flexibility index (Phi) is 5.10. The predicted octanol–water partition coefficient (Wildman–Crippen LogP) is 3.05. The predicted molar refractivity (Wildman–Crippen MR) is 86.1 cm³/mol. The molecule has 1 aromatic heterocycles. The van der Waals surface area contributed by atoms with Gasteiger partial charge in [0.15, 0.2) is 0 Å². The number of hydrogen-bond acceptors (Lipinski definition) is 3. The van der Waals surface area contributed by atoms with Crippen LogP contribution >= 0.6 is 23.7 Å². The highest BCUT2D eigenvalue weighted by Crippen LogP contribution is 2.28. The first-order valence-electron chi connectivity index (χ1n) is 7.32. The van der Waals surface area contributed by atoms with Crippen LogP contribution in [0, 0.1) is 6.92 Å². The molecule has 0 aromatic carbocycles. The molecule has 2 saturated heterocycles. The van der Waals surface area contributed by atoms with Gasteiger partial charge < -0.3 is 10.6 Å². The summed E-state index contributed by atoms with van der Waals surface area (Å²) in [4.78, 5) is 14.5. The van der Waals surface area contributed by atoms with Crippen molar-refractivity contribution in [1.29, 1.82) is 0 Å². The molecule has 112 valence electrons.